The molecule has 1 heterocycles. The van der Waals surface area contributed by atoms with Crippen molar-refractivity contribution in [3.63, 3.8) is 0 Å². The van der Waals surface area contributed by atoms with Crippen LogP contribution in [0.2, 0.25) is 0 Å². The van der Waals surface area contributed by atoms with Crippen molar-refractivity contribution in [3.8, 4) is 11.5 Å². The summed E-state index contributed by atoms with van der Waals surface area (Å²) >= 11 is 0. The summed E-state index contributed by atoms with van der Waals surface area (Å²) in [4.78, 5) is 26.8. The first-order chi connectivity index (χ1) is 14.0. The molecule has 0 atom stereocenters. The minimum Gasteiger partial charge on any atom is -0.504 e. The standard InChI is InChI=1S/C20H17N3O6/c1-2-28-18-11-16(23(26)27)9-13(19(18)24)12-21-14-5-3-6-15(10-14)22-20(25)17-7-4-8-29-17/h3-12,24H,2H2,1H3,(H,22,25). The van der Waals surface area contributed by atoms with E-state index < -0.39 is 10.8 Å². The van der Waals surface area contributed by atoms with E-state index in [4.69, 9.17) is 9.15 Å². The summed E-state index contributed by atoms with van der Waals surface area (Å²) in [5.41, 5.74) is 0.852. The lowest BCUT2D eigenvalue weighted by Gasteiger charge is -2.08. The van der Waals surface area contributed by atoms with Crippen LogP contribution in [0.1, 0.15) is 23.0 Å². The highest BCUT2D eigenvalue weighted by atomic mass is 16.6. The molecule has 148 valence electrons. The Kier molecular flexibility index (Phi) is 5.88. The van der Waals surface area contributed by atoms with Crippen LogP contribution in [0.25, 0.3) is 0 Å². The van der Waals surface area contributed by atoms with E-state index in [9.17, 15) is 20.0 Å². The van der Waals surface area contributed by atoms with Crippen LogP contribution in [-0.4, -0.2) is 28.8 Å². The summed E-state index contributed by atoms with van der Waals surface area (Å²) in [7, 11) is 0. The number of nitrogens with one attached hydrogen (secondary N) is 1. The number of nitro groups is 1. The third kappa shape index (κ3) is 4.78. The van der Waals surface area contributed by atoms with E-state index in [1.54, 1.807) is 43.3 Å². The minimum atomic E-state index is -0.579. The summed E-state index contributed by atoms with van der Waals surface area (Å²) in [5, 5.41) is 24.1. The molecule has 0 aliphatic rings. The largest absolute Gasteiger partial charge is 0.504 e. The van der Waals surface area contributed by atoms with Crippen LogP contribution >= 0.6 is 0 Å². The molecule has 0 aliphatic heterocycles. The molecule has 0 saturated carbocycles. The third-order valence-corrected chi connectivity index (χ3v) is 3.80. The number of non-ortho nitro benzene ring substituents is 1. The Morgan fingerprint density at radius 3 is 2.83 bits per heavy atom. The fraction of sp³-hybridized carbons (Fsp3) is 0.100. The molecule has 3 rings (SSSR count). The number of carbonyl (C=O) groups is 1. The Bertz CT molecular complexity index is 1060. The van der Waals surface area contributed by atoms with Crippen LogP contribution in [0.5, 0.6) is 11.5 Å². The predicted molar refractivity (Wildman–Crippen MR) is 106 cm³/mol. The summed E-state index contributed by atoms with van der Waals surface area (Å²) in [5.74, 6) is -0.483. The zero-order valence-corrected chi connectivity index (χ0v) is 15.4. The molecule has 2 N–H and O–H groups in total. The molecule has 29 heavy (non-hydrogen) atoms. The zero-order chi connectivity index (χ0) is 20.8. The van der Waals surface area contributed by atoms with Gasteiger partial charge in [0.15, 0.2) is 17.3 Å². The number of phenolic OH excluding ortho intramolecular Hbond substituents is 1. The molecule has 9 heteroatoms. The number of hydrogen-bond acceptors (Lipinski definition) is 7. The number of carbonyl (C=O) groups excluding carboxylic acids is 1. The van der Waals surface area contributed by atoms with Crippen molar-refractivity contribution in [2.24, 2.45) is 4.99 Å². The molecule has 3 aromatic rings. The number of anilines is 1. The van der Waals surface area contributed by atoms with Gasteiger partial charge in [-0.1, -0.05) is 6.07 Å². The Morgan fingerprint density at radius 2 is 2.14 bits per heavy atom. The van der Waals surface area contributed by atoms with Crippen molar-refractivity contribution in [2.45, 2.75) is 6.92 Å². The van der Waals surface area contributed by atoms with Crippen molar-refractivity contribution in [1.29, 1.82) is 0 Å². The maximum Gasteiger partial charge on any atom is 0.291 e. The molecular formula is C20H17N3O6. The molecule has 2 aromatic carbocycles. The molecule has 0 fully saturated rings. The smallest absolute Gasteiger partial charge is 0.291 e. The first-order valence-electron chi connectivity index (χ1n) is 8.61. The van der Waals surface area contributed by atoms with Gasteiger partial charge in [0.25, 0.3) is 11.6 Å². The minimum absolute atomic E-state index is 0.00242. The molecule has 1 aromatic heterocycles. The second-order valence-corrected chi connectivity index (χ2v) is 5.81. The van der Waals surface area contributed by atoms with Gasteiger partial charge in [-0.25, -0.2) is 0 Å². The fourth-order valence-corrected chi connectivity index (χ4v) is 2.49. The fourth-order valence-electron chi connectivity index (χ4n) is 2.49. The van der Waals surface area contributed by atoms with Gasteiger partial charge in [0.1, 0.15) is 0 Å². The van der Waals surface area contributed by atoms with Crippen LogP contribution in [-0.2, 0) is 0 Å². The van der Waals surface area contributed by atoms with Gasteiger partial charge in [0.2, 0.25) is 0 Å². The molecule has 0 aliphatic carbocycles. The van der Waals surface area contributed by atoms with Crippen molar-refractivity contribution < 1.29 is 24.0 Å². The number of phenols is 1. The topological polar surface area (TPSA) is 127 Å². The van der Waals surface area contributed by atoms with Gasteiger partial charge in [-0.2, -0.15) is 0 Å². The van der Waals surface area contributed by atoms with Crippen LogP contribution in [0, 0.1) is 10.1 Å². The first kappa shape index (κ1) is 19.6. The monoisotopic (exact) mass is 395 g/mol. The van der Waals surface area contributed by atoms with Crippen LogP contribution < -0.4 is 10.1 Å². The summed E-state index contributed by atoms with van der Waals surface area (Å²) < 4.78 is 10.3. The first-order valence-corrected chi connectivity index (χ1v) is 8.61. The van der Waals surface area contributed by atoms with E-state index in [0.29, 0.717) is 11.4 Å². The number of aromatic hydroxyl groups is 1. The summed E-state index contributed by atoms with van der Waals surface area (Å²) in [6.07, 6.45) is 2.69. The van der Waals surface area contributed by atoms with E-state index in [1.807, 2.05) is 0 Å². The maximum absolute atomic E-state index is 12.1. The number of amides is 1. The number of nitro benzene ring substituents is 1. The van der Waals surface area contributed by atoms with Crippen LogP contribution in [0.15, 0.2) is 64.2 Å². The summed E-state index contributed by atoms with van der Waals surface area (Å²) in [6, 6.07) is 12.1. The molecule has 0 radical (unpaired) electrons. The van der Waals surface area contributed by atoms with Crippen molar-refractivity contribution >= 4 is 29.2 Å². The van der Waals surface area contributed by atoms with Gasteiger partial charge < -0.3 is 19.6 Å². The van der Waals surface area contributed by atoms with Gasteiger partial charge in [0.05, 0.1) is 29.5 Å². The second-order valence-electron chi connectivity index (χ2n) is 5.81. The van der Waals surface area contributed by atoms with Crippen LogP contribution in [0.3, 0.4) is 0 Å². The van der Waals surface area contributed by atoms with Gasteiger partial charge in [-0.05, 0) is 37.3 Å². The Hall–Kier alpha value is -4.14. The zero-order valence-electron chi connectivity index (χ0n) is 15.4. The highest BCUT2D eigenvalue weighted by molar-refractivity contribution is 6.02. The molecule has 0 bridgehead atoms. The number of hydrogen-bond donors (Lipinski definition) is 2. The lowest BCUT2D eigenvalue weighted by Crippen LogP contribution is -2.10. The quantitative estimate of drug-likeness (QED) is 0.349. The van der Waals surface area contributed by atoms with E-state index in [-0.39, 0.29) is 35.1 Å². The normalized spacial score (nSPS) is 10.8. The number of furan rings is 1. The number of ether oxygens (including phenoxy) is 1. The number of rotatable bonds is 7. The molecule has 9 nitrogen and oxygen atoms in total. The van der Waals surface area contributed by atoms with E-state index >= 15 is 0 Å². The Labute approximate surface area is 165 Å². The Morgan fingerprint density at radius 1 is 1.31 bits per heavy atom. The number of nitrogens with zero attached hydrogens (tertiary/aromatic N) is 2. The molecule has 0 unspecified atom stereocenters. The van der Waals surface area contributed by atoms with Gasteiger partial charge in [-0.3, -0.25) is 19.9 Å². The maximum atomic E-state index is 12.1. The second kappa shape index (κ2) is 8.70. The highest BCUT2D eigenvalue weighted by Crippen LogP contribution is 2.34. The highest BCUT2D eigenvalue weighted by Gasteiger charge is 2.16. The third-order valence-electron chi connectivity index (χ3n) is 3.80. The Balaban J connectivity index is 1.84. The average molecular weight is 395 g/mol. The van der Waals surface area contributed by atoms with Gasteiger partial charge >= 0.3 is 0 Å². The van der Waals surface area contributed by atoms with E-state index in [2.05, 4.69) is 10.3 Å². The molecule has 1 amide bonds. The number of benzene rings is 2. The van der Waals surface area contributed by atoms with E-state index in [0.717, 1.165) is 6.07 Å². The van der Waals surface area contributed by atoms with Crippen molar-refractivity contribution in [3.05, 3.63) is 76.2 Å². The molecule has 0 saturated heterocycles. The SMILES string of the molecule is CCOc1cc([N+](=O)[O-])cc(C=Nc2cccc(NC(=O)c3ccco3)c2)c1O. The van der Waals surface area contributed by atoms with E-state index in [1.165, 1.54) is 18.5 Å². The van der Waals surface area contributed by atoms with Crippen molar-refractivity contribution in [2.75, 3.05) is 11.9 Å². The number of aliphatic imine (C=N–C) groups is 1. The lowest BCUT2D eigenvalue weighted by atomic mass is 10.1. The molecular weight excluding hydrogens is 378 g/mol. The summed E-state index contributed by atoms with van der Waals surface area (Å²) in [6.45, 7) is 1.94. The molecule has 0 spiro atoms. The van der Waals surface area contributed by atoms with Gasteiger partial charge in [0, 0.05) is 23.5 Å². The average Bonchev–Trinajstić information content (AvgIpc) is 3.24. The lowest BCUT2D eigenvalue weighted by molar-refractivity contribution is -0.385. The van der Waals surface area contributed by atoms with Crippen molar-refractivity contribution in [1.82, 2.24) is 0 Å². The predicted octanol–water partition coefficient (Wildman–Crippen LogP) is 4.30. The van der Waals surface area contributed by atoms with Gasteiger partial charge in [-0.15, -0.1) is 0 Å². The van der Waals surface area contributed by atoms with Crippen LogP contribution in [0.4, 0.5) is 17.1 Å².